The van der Waals surface area contributed by atoms with Crippen molar-refractivity contribution >= 4 is 17.6 Å². The number of amides is 3. The Morgan fingerprint density at radius 3 is 2.41 bits per heavy atom. The summed E-state index contributed by atoms with van der Waals surface area (Å²) in [5.41, 5.74) is 9.28. The molecular weight excluding hydrogens is 366 g/mol. The Bertz CT molecular complexity index is 1000. The minimum absolute atomic E-state index is 0.238. The summed E-state index contributed by atoms with van der Waals surface area (Å²) in [7, 11) is 0. The molecule has 0 saturated heterocycles. The van der Waals surface area contributed by atoms with Crippen molar-refractivity contribution in [3.8, 4) is 5.75 Å². The van der Waals surface area contributed by atoms with Crippen LogP contribution in [0.2, 0.25) is 0 Å². The fourth-order valence-corrected chi connectivity index (χ4v) is 2.84. The average molecular weight is 389 g/mol. The fraction of sp³-hybridized carbons (Fsp3) is 0.130. The van der Waals surface area contributed by atoms with Gasteiger partial charge in [-0.3, -0.25) is 4.79 Å². The molecule has 0 unspecified atom stereocenters. The summed E-state index contributed by atoms with van der Waals surface area (Å²) < 4.78 is 5.81. The lowest BCUT2D eigenvalue weighted by atomic mass is 10.1. The van der Waals surface area contributed by atoms with Gasteiger partial charge in [-0.2, -0.15) is 0 Å². The molecule has 0 spiro atoms. The molecule has 0 aliphatic heterocycles. The van der Waals surface area contributed by atoms with Crippen LogP contribution in [0, 0.1) is 6.92 Å². The first-order valence-corrected chi connectivity index (χ1v) is 9.21. The number of urea groups is 1. The summed E-state index contributed by atoms with van der Waals surface area (Å²) in [5.74, 6) is 0.532. The van der Waals surface area contributed by atoms with Crippen LogP contribution >= 0.6 is 0 Å². The Hall–Kier alpha value is -3.80. The van der Waals surface area contributed by atoms with Crippen molar-refractivity contribution in [3.05, 3.63) is 95.1 Å². The van der Waals surface area contributed by atoms with Crippen LogP contribution in [0.25, 0.3) is 0 Å². The fourth-order valence-electron chi connectivity index (χ4n) is 2.84. The SMILES string of the molecule is Cc1cccc(COc2ccc(CNC(=O)c3cccc(NC(N)=O)c3)cc2)c1. The molecule has 3 rings (SSSR count). The van der Waals surface area contributed by atoms with Gasteiger partial charge >= 0.3 is 6.03 Å². The second kappa shape index (κ2) is 9.41. The van der Waals surface area contributed by atoms with Crippen LogP contribution in [-0.2, 0) is 13.2 Å². The number of aryl methyl sites for hydroxylation is 1. The second-order valence-electron chi connectivity index (χ2n) is 6.67. The zero-order valence-corrected chi connectivity index (χ0v) is 16.1. The normalized spacial score (nSPS) is 10.2. The zero-order valence-electron chi connectivity index (χ0n) is 16.1. The number of benzene rings is 3. The van der Waals surface area contributed by atoms with Crippen molar-refractivity contribution in [2.24, 2.45) is 5.73 Å². The third-order valence-electron chi connectivity index (χ3n) is 4.26. The molecule has 6 heteroatoms. The molecule has 0 atom stereocenters. The smallest absolute Gasteiger partial charge is 0.316 e. The molecule has 3 amide bonds. The lowest BCUT2D eigenvalue weighted by Gasteiger charge is -2.09. The Kier molecular flexibility index (Phi) is 6.47. The van der Waals surface area contributed by atoms with E-state index in [2.05, 4.69) is 29.7 Å². The maximum Gasteiger partial charge on any atom is 0.316 e. The van der Waals surface area contributed by atoms with Gasteiger partial charge in [0.2, 0.25) is 0 Å². The van der Waals surface area contributed by atoms with E-state index < -0.39 is 6.03 Å². The van der Waals surface area contributed by atoms with Crippen molar-refractivity contribution in [2.45, 2.75) is 20.1 Å². The molecule has 3 aromatic carbocycles. The predicted molar refractivity (Wildman–Crippen MR) is 113 cm³/mol. The number of primary amides is 1. The Balaban J connectivity index is 1.52. The van der Waals surface area contributed by atoms with Gasteiger partial charge in [-0.1, -0.05) is 48.0 Å². The van der Waals surface area contributed by atoms with E-state index in [-0.39, 0.29) is 5.91 Å². The van der Waals surface area contributed by atoms with Gasteiger partial charge < -0.3 is 21.1 Å². The molecule has 0 aliphatic carbocycles. The van der Waals surface area contributed by atoms with Crippen molar-refractivity contribution in [1.29, 1.82) is 0 Å². The van der Waals surface area contributed by atoms with E-state index in [9.17, 15) is 9.59 Å². The van der Waals surface area contributed by atoms with E-state index in [0.717, 1.165) is 16.9 Å². The lowest BCUT2D eigenvalue weighted by Crippen LogP contribution is -2.23. The van der Waals surface area contributed by atoms with Gasteiger partial charge in [-0.15, -0.1) is 0 Å². The van der Waals surface area contributed by atoms with Crippen LogP contribution in [0.1, 0.15) is 27.0 Å². The first kappa shape index (κ1) is 19.9. The lowest BCUT2D eigenvalue weighted by molar-refractivity contribution is 0.0951. The zero-order chi connectivity index (χ0) is 20.6. The van der Waals surface area contributed by atoms with Crippen molar-refractivity contribution in [1.82, 2.24) is 5.32 Å². The van der Waals surface area contributed by atoms with E-state index in [0.29, 0.717) is 24.4 Å². The summed E-state index contributed by atoms with van der Waals surface area (Å²) in [6.45, 7) is 2.94. The second-order valence-corrected chi connectivity index (χ2v) is 6.67. The molecule has 29 heavy (non-hydrogen) atoms. The Labute approximate surface area is 169 Å². The maximum atomic E-state index is 12.3. The highest BCUT2D eigenvalue weighted by Gasteiger charge is 2.07. The summed E-state index contributed by atoms with van der Waals surface area (Å²) in [5, 5.41) is 5.31. The molecule has 0 aromatic heterocycles. The van der Waals surface area contributed by atoms with Crippen molar-refractivity contribution in [3.63, 3.8) is 0 Å². The number of nitrogens with two attached hydrogens (primary N) is 1. The highest BCUT2D eigenvalue weighted by atomic mass is 16.5. The minimum atomic E-state index is -0.674. The number of hydrogen-bond acceptors (Lipinski definition) is 3. The first-order valence-electron chi connectivity index (χ1n) is 9.21. The Morgan fingerprint density at radius 2 is 1.69 bits per heavy atom. The van der Waals surface area contributed by atoms with Gasteiger partial charge in [0.05, 0.1) is 0 Å². The quantitative estimate of drug-likeness (QED) is 0.570. The molecule has 0 aliphatic rings. The highest BCUT2D eigenvalue weighted by Crippen LogP contribution is 2.15. The van der Waals surface area contributed by atoms with Crippen LogP contribution in [-0.4, -0.2) is 11.9 Å². The number of carbonyl (C=O) groups excluding carboxylic acids is 2. The highest BCUT2D eigenvalue weighted by molar-refractivity contribution is 5.96. The maximum absolute atomic E-state index is 12.3. The summed E-state index contributed by atoms with van der Waals surface area (Å²) in [4.78, 5) is 23.3. The molecule has 3 aromatic rings. The molecular formula is C23H23N3O3. The van der Waals surface area contributed by atoms with Gasteiger partial charge in [0.25, 0.3) is 5.91 Å². The molecule has 0 fully saturated rings. The summed E-state index contributed by atoms with van der Waals surface area (Å²) >= 11 is 0. The largest absolute Gasteiger partial charge is 0.489 e. The van der Waals surface area contributed by atoms with Crippen LogP contribution in [0.3, 0.4) is 0 Å². The van der Waals surface area contributed by atoms with Crippen LogP contribution < -0.4 is 21.1 Å². The van der Waals surface area contributed by atoms with E-state index in [1.54, 1.807) is 24.3 Å². The Morgan fingerprint density at radius 1 is 0.931 bits per heavy atom. The standard InChI is InChI=1S/C23H23N3O3/c1-16-4-2-5-18(12-16)15-29-21-10-8-17(9-11-21)14-25-22(27)19-6-3-7-20(13-19)26-23(24)28/h2-13H,14-15H2,1H3,(H,25,27)(H3,24,26,28). The monoisotopic (exact) mass is 389 g/mol. The van der Waals surface area contributed by atoms with Crippen molar-refractivity contribution in [2.75, 3.05) is 5.32 Å². The molecule has 148 valence electrons. The topological polar surface area (TPSA) is 93.4 Å². The summed E-state index contributed by atoms with van der Waals surface area (Å²) in [6.07, 6.45) is 0. The minimum Gasteiger partial charge on any atom is -0.489 e. The molecule has 4 N–H and O–H groups in total. The number of rotatable bonds is 7. The first-order chi connectivity index (χ1) is 14.0. The van der Waals surface area contributed by atoms with Crippen molar-refractivity contribution < 1.29 is 14.3 Å². The number of carbonyl (C=O) groups is 2. The van der Waals surface area contributed by atoms with E-state index in [4.69, 9.17) is 10.5 Å². The molecule has 0 saturated carbocycles. The number of ether oxygens (including phenoxy) is 1. The van der Waals surface area contributed by atoms with Crippen LogP contribution in [0.4, 0.5) is 10.5 Å². The summed E-state index contributed by atoms with van der Waals surface area (Å²) in [6, 6.07) is 21.7. The molecule has 0 radical (unpaired) electrons. The van der Waals surface area contributed by atoms with E-state index in [1.165, 1.54) is 5.56 Å². The van der Waals surface area contributed by atoms with E-state index in [1.807, 2.05) is 36.4 Å². The average Bonchev–Trinajstić information content (AvgIpc) is 2.71. The third-order valence-corrected chi connectivity index (χ3v) is 4.26. The van der Waals surface area contributed by atoms with Gasteiger partial charge in [-0.05, 0) is 48.4 Å². The van der Waals surface area contributed by atoms with Crippen LogP contribution in [0.5, 0.6) is 5.75 Å². The predicted octanol–water partition coefficient (Wildman–Crippen LogP) is 3.99. The van der Waals surface area contributed by atoms with Gasteiger partial charge in [0.1, 0.15) is 12.4 Å². The van der Waals surface area contributed by atoms with Gasteiger partial charge in [-0.25, -0.2) is 4.79 Å². The van der Waals surface area contributed by atoms with E-state index >= 15 is 0 Å². The number of nitrogens with one attached hydrogen (secondary N) is 2. The van der Waals surface area contributed by atoms with Crippen LogP contribution in [0.15, 0.2) is 72.8 Å². The van der Waals surface area contributed by atoms with Gasteiger partial charge in [0.15, 0.2) is 0 Å². The molecule has 6 nitrogen and oxygen atoms in total. The third kappa shape index (κ3) is 6.10. The number of hydrogen-bond donors (Lipinski definition) is 3. The number of anilines is 1. The van der Waals surface area contributed by atoms with Gasteiger partial charge in [0, 0.05) is 17.8 Å². The molecule has 0 heterocycles. The molecule has 0 bridgehead atoms.